The van der Waals surface area contributed by atoms with Crippen molar-refractivity contribution in [1.29, 1.82) is 0 Å². The van der Waals surface area contributed by atoms with Crippen LogP contribution in [0.4, 0.5) is 0 Å². The van der Waals surface area contributed by atoms with E-state index in [0.717, 1.165) is 0 Å². The number of rotatable bonds is 7. The average molecular weight is 392 g/mol. The normalized spacial score (nSPS) is 18.2. The maximum atomic E-state index is 12.8. The first kappa shape index (κ1) is 20.3. The molecule has 1 aliphatic heterocycles. The number of nitrogens with one attached hydrogen (secondary N) is 1. The minimum Gasteiger partial charge on any atom is -0.379 e. The van der Waals surface area contributed by atoms with Gasteiger partial charge in [-0.2, -0.15) is 4.31 Å². The number of aryl methyl sites for hydroxylation is 1. The fourth-order valence-corrected chi connectivity index (χ4v) is 5.26. The third-order valence-electron chi connectivity index (χ3n) is 3.95. The molecule has 1 atom stereocenters. The zero-order valence-electron chi connectivity index (χ0n) is 14.4. The minimum absolute atomic E-state index is 0.00414. The summed E-state index contributed by atoms with van der Waals surface area (Å²) in [5.74, 6) is 0. The lowest BCUT2D eigenvalue weighted by Gasteiger charge is -2.26. The molecule has 1 fully saturated rings. The molecular formula is C15H25N3O5S2. The van der Waals surface area contributed by atoms with E-state index in [1.54, 1.807) is 13.8 Å². The van der Waals surface area contributed by atoms with E-state index < -0.39 is 20.0 Å². The van der Waals surface area contributed by atoms with E-state index in [0.29, 0.717) is 25.2 Å². The summed E-state index contributed by atoms with van der Waals surface area (Å²) < 4.78 is 59.4. The Bertz CT molecular complexity index is 800. The molecule has 2 rings (SSSR count). The van der Waals surface area contributed by atoms with Crippen LogP contribution in [-0.4, -0.2) is 60.0 Å². The van der Waals surface area contributed by atoms with Crippen LogP contribution in [0.1, 0.15) is 18.9 Å². The SMILES string of the molecule is Cc1ccc(S(=O)(=O)NCCC(C)N)cc1S(=O)(=O)N1CCOCC1. The van der Waals surface area contributed by atoms with Gasteiger partial charge in [-0.05, 0) is 38.0 Å². The molecule has 0 amide bonds. The van der Waals surface area contributed by atoms with Crippen molar-refractivity contribution in [2.45, 2.75) is 36.1 Å². The fraction of sp³-hybridized carbons (Fsp3) is 0.600. The molecule has 1 heterocycles. The van der Waals surface area contributed by atoms with Crippen LogP contribution < -0.4 is 10.5 Å². The van der Waals surface area contributed by atoms with Crippen molar-refractivity contribution in [3.05, 3.63) is 23.8 Å². The Hall–Kier alpha value is -1.04. The lowest BCUT2D eigenvalue weighted by molar-refractivity contribution is 0.0730. The van der Waals surface area contributed by atoms with Crippen molar-refractivity contribution < 1.29 is 21.6 Å². The Balaban J connectivity index is 2.30. The van der Waals surface area contributed by atoms with Gasteiger partial charge in [0.05, 0.1) is 23.0 Å². The van der Waals surface area contributed by atoms with Crippen molar-refractivity contribution >= 4 is 20.0 Å². The highest BCUT2D eigenvalue weighted by molar-refractivity contribution is 7.90. The third-order valence-corrected chi connectivity index (χ3v) is 7.45. The van der Waals surface area contributed by atoms with Gasteiger partial charge in [0.2, 0.25) is 20.0 Å². The smallest absolute Gasteiger partial charge is 0.243 e. The fourth-order valence-electron chi connectivity index (χ4n) is 2.46. The maximum Gasteiger partial charge on any atom is 0.243 e. The van der Waals surface area contributed by atoms with Crippen LogP contribution in [0.3, 0.4) is 0 Å². The predicted molar refractivity (Wildman–Crippen MR) is 94.2 cm³/mol. The topological polar surface area (TPSA) is 119 Å². The standard InChI is InChI=1S/C15H25N3O5S2/c1-12-3-4-14(24(19,20)17-6-5-13(2)16)11-15(12)25(21,22)18-7-9-23-10-8-18/h3-4,11,13,17H,5-10,16H2,1-2H3. The van der Waals surface area contributed by atoms with Crippen LogP contribution in [0.25, 0.3) is 0 Å². The van der Waals surface area contributed by atoms with Crippen LogP contribution in [0.2, 0.25) is 0 Å². The lowest BCUT2D eigenvalue weighted by Crippen LogP contribution is -2.41. The highest BCUT2D eigenvalue weighted by Crippen LogP contribution is 2.24. The van der Waals surface area contributed by atoms with Gasteiger partial charge in [0.25, 0.3) is 0 Å². The quantitative estimate of drug-likeness (QED) is 0.677. The second kappa shape index (κ2) is 8.11. The Morgan fingerprint density at radius 3 is 2.48 bits per heavy atom. The number of hydrogen-bond donors (Lipinski definition) is 2. The van der Waals surface area contributed by atoms with E-state index in [1.165, 1.54) is 22.5 Å². The molecule has 25 heavy (non-hydrogen) atoms. The minimum atomic E-state index is -3.80. The molecule has 1 saturated heterocycles. The van der Waals surface area contributed by atoms with Crippen LogP contribution in [-0.2, 0) is 24.8 Å². The summed E-state index contributed by atoms with van der Waals surface area (Å²) in [5, 5.41) is 0. The summed E-state index contributed by atoms with van der Waals surface area (Å²) in [4.78, 5) is -0.0703. The first-order valence-corrected chi connectivity index (χ1v) is 11.0. The Morgan fingerprint density at radius 1 is 1.24 bits per heavy atom. The van der Waals surface area contributed by atoms with Crippen molar-refractivity contribution in [3.63, 3.8) is 0 Å². The number of nitrogens with zero attached hydrogens (tertiary/aromatic N) is 1. The Kier molecular flexibility index (Phi) is 6.57. The van der Waals surface area contributed by atoms with Gasteiger partial charge < -0.3 is 10.5 Å². The largest absolute Gasteiger partial charge is 0.379 e. The molecule has 0 radical (unpaired) electrons. The zero-order valence-corrected chi connectivity index (χ0v) is 16.1. The third kappa shape index (κ3) is 4.99. The zero-order chi connectivity index (χ0) is 18.7. The van der Waals surface area contributed by atoms with Gasteiger partial charge in [-0.1, -0.05) is 6.07 Å². The molecule has 0 aromatic heterocycles. The molecule has 0 spiro atoms. The number of sulfonamides is 2. The lowest BCUT2D eigenvalue weighted by atomic mass is 10.2. The number of ether oxygens (including phenoxy) is 1. The molecule has 10 heteroatoms. The average Bonchev–Trinajstić information content (AvgIpc) is 2.55. The van der Waals surface area contributed by atoms with Gasteiger partial charge in [0.1, 0.15) is 0 Å². The first-order valence-electron chi connectivity index (χ1n) is 8.08. The van der Waals surface area contributed by atoms with Crippen molar-refractivity contribution in [2.75, 3.05) is 32.8 Å². The van der Waals surface area contributed by atoms with Crippen LogP contribution >= 0.6 is 0 Å². The van der Waals surface area contributed by atoms with Gasteiger partial charge in [-0.15, -0.1) is 0 Å². The Morgan fingerprint density at radius 2 is 1.88 bits per heavy atom. The Labute approximate surface area is 149 Å². The number of morpholine rings is 1. The summed E-state index contributed by atoms with van der Waals surface area (Å²) in [5.41, 5.74) is 6.12. The van der Waals surface area contributed by atoms with E-state index >= 15 is 0 Å². The number of hydrogen-bond acceptors (Lipinski definition) is 6. The maximum absolute atomic E-state index is 12.8. The molecule has 1 unspecified atom stereocenters. The predicted octanol–water partition coefficient (Wildman–Crippen LogP) is 0.0315. The molecular weight excluding hydrogens is 366 g/mol. The van der Waals surface area contributed by atoms with Gasteiger partial charge >= 0.3 is 0 Å². The summed E-state index contributed by atoms with van der Waals surface area (Å²) in [6.07, 6.45) is 0.490. The van der Waals surface area contributed by atoms with E-state index in [1.807, 2.05) is 0 Å². The van der Waals surface area contributed by atoms with Gasteiger partial charge in [0.15, 0.2) is 0 Å². The van der Waals surface area contributed by atoms with E-state index in [2.05, 4.69) is 4.72 Å². The summed E-state index contributed by atoms with van der Waals surface area (Å²) >= 11 is 0. The van der Waals surface area contributed by atoms with Crippen molar-refractivity contribution in [3.8, 4) is 0 Å². The van der Waals surface area contributed by atoms with Gasteiger partial charge in [-0.25, -0.2) is 21.6 Å². The highest BCUT2D eigenvalue weighted by Gasteiger charge is 2.29. The molecule has 0 aliphatic carbocycles. The summed E-state index contributed by atoms with van der Waals surface area (Å²) in [6, 6.07) is 4.00. The summed E-state index contributed by atoms with van der Waals surface area (Å²) in [6.45, 7) is 4.79. The van der Waals surface area contributed by atoms with Gasteiger partial charge in [0, 0.05) is 25.7 Å². The van der Waals surface area contributed by atoms with Crippen molar-refractivity contribution in [2.24, 2.45) is 5.73 Å². The van der Waals surface area contributed by atoms with Gasteiger partial charge in [-0.3, -0.25) is 0 Å². The van der Waals surface area contributed by atoms with E-state index in [4.69, 9.17) is 10.5 Å². The molecule has 0 bridgehead atoms. The van der Waals surface area contributed by atoms with E-state index in [9.17, 15) is 16.8 Å². The van der Waals surface area contributed by atoms with Crippen LogP contribution in [0, 0.1) is 6.92 Å². The molecule has 8 nitrogen and oxygen atoms in total. The number of benzene rings is 1. The van der Waals surface area contributed by atoms with Crippen LogP contribution in [0.15, 0.2) is 28.0 Å². The molecule has 3 N–H and O–H groups in total. The van der Waals surface area contributed by atoms with Crippen molar-refractivity contribution in [1.82, 2.24) is 9.03 Å². The second-order valence-electron chi connectivity index (χ2n) is 6.11. The monoisotopic (exact) mass is 391 g/mol. The second-order valence-corrected chi connectivity index (χ2v) is 9.78. The summed E-state index contributed by atoms with van der Waals surface area (Å²) in [7, 11) is -7.57. The first-order chi connectivity index (χ1) is 11.6. The number of nitrogens with two attached hydrogens (primary N) is 1. The molecule has 1 aromatic carbocycles. The highest BCUT2D eigenvalue weighted by atomic mass is 32.2. The molecule has 1 aliphatic rings. The molecule has 142 valence electrons. The molecule has 1 aromatic rings. The molecule has 0 saturated carbocycles. The van der Waals surface area contributed by atoms with Crippen LogP contribution in [0.5, 0.6) is 0 Å². The van der Waals surface area contributed by atoms with E-state index in [-0.39, 0.29) is 35.5 Å².